The number of piperidine rings is 2. The highest BCUT2D eigenvalue weighted by atomic mass is 32.2. The second-order valence-corrected chi connectivity index (χ2v) is 17.1. The fourth-order valence-electron chi connectivity index (χ4n) is 6.37. The molecule has 0 saturated carbocycles. The van der Waals surface area contributed by atoms with Gasteiger partial charge in [0.05, 0.1) is 23.5 Å². The standard InChI is InChI=1S/C18H23F3N4O5S.C17H24N4O3/c1-11-9-15(30-31(27,28)18(19,20)21)22-14-10-12(23-25(11)14)13-7-5-6-8-24(13)16(26)29-17(2,3)4;1-11-9-15(22)18-14-10-12(19-21(11)14)13-7-5-6-8-20(13)16(23)24-17(2,3)4/h9-10,13H,5-8H2,1-4H3;9-10,13H,5-8H2,1-4H3,(H,18,22)/t2*13-/m00/s1. The van der Waals surface area contributed by atoms with E-state index in [1.807, 2.05) is 33.8 Å². The number of likely N-dealkylation sites (tertiary alicyclic amines) is 2. The minimum Gasteiger partial charge on any atom is -0.444 e. The van der Waals surface area contributed by atoms with E-state index >= 15 is 0 Å². The molecule has 2 aliphatic rings. The molecule has 6 heterocycles. The molecule has 6 rings (SSSR count). The summed E-state index contributed by atoms with van der Waals surface area (Å²) in [6, 6.07) is 5.36. The lowest BCUT2D eigenvalue weighted by molar-refractivity contribution is -0.0501. The Kier molecular flexibility index (Phi) is 11.5. The monoisotopic (exact) mass is 796 g/mol. The van der Waals surface area contributed by atoms with Crippen LogP contribution in [0.25, 0.3) is 11.3 Å². The first-order valence-corrected chi connectivity index (χ1v) is 19.3. The normalized spacial score (nSPS) is 18.5. The van der Waals surface area contributed by atoms with E-state index in [9.17, 15) is 36.0 Å². The van der Waals surface area contributed by atoms with Gasteiger partial charge in [0.1, 0.15) is 16.8 Å². The maximum atomic E-state index is 12.6. The summed E-state index contributed by atoms with van der Waals surface area (Å²) in [5.41, 5.74) is -3.87. The number of hydrogen-bond acceptors (Lipinski definition) is 11. The molecule has 0 unspecified atom stereocenters. The number of aromatic nitrogens is 6. The van der Waals surface area contributed by atoms with Gasteiger partial charge in [-0.2, -0.15) is 36.8 Å². The number of hydrogen-bond donors (Lipinski definition) is 1. The van der Waals surface area contributed by atoms with Gasteiger partial charge >= 0.3 is 27.8 Å². The Bertz CT molecular complexity index is 2220. The van der Waals surface area contributed by atoms with Crippen molar-refractivity contribution >= 4 is 33.6 Å². The number of halogens is 3. The van der Waals surface area contributed by atoms with E-state index in [0.717, 1.165) is 49.6 Å². The molecule has 0 spiro atoms. The van der Waals surface area contributed by atoms with E-state index in [-0.39, 0.29) is 23.3 Å². The molecule has 2 fully saturated rings. The molecule has 0 radical (unpaired) electrons. The topological polar surface area (TPSA) is 183 Å². The van der Waals surface area contributed by atoms with Crippen molar-refractivity contribution in [3.05, 3.63) is 57.4 Å². The number of H-pyrrole nitrogens is 1. The first kappa shape index (κ1) is 41.3. The maximum Gasteiger partial charge on any atom is 0.534 e. The highest BCUT2D eigenvalue weighted by molar-refractivity contribution is 7.87. The molecule has 302 valence electrons. The van der Waals surface area contributed by atoms with E-state index in [1.54, 1.807) is 35.1 Å². The van der Waals surface area contributed by atoms with Crippen LogP contribution in [0.15, 0.2) is 29.1 Å². The molecule has 16 nitrogen and oxygen atoms in total. The Balaban J connectivity index is 0.000000218. The number of nitrogens with one attached hydrogen (secondary N) is 1. The minimum atomic E-state index is -5.85. The molecule has 20 heteroatoms. The number of aryl methyl sites for hydroxylation is 2. The summed E-state index contributed by atoms with van der Waals surface area (Å²) in [7, 11) is -5.85. The van der Waals surface area contributed by atoms with Crippen LogP contribution >= 0.6 is 0 Å². The first-order valence-electron chi connectivity index (χ1n) is 17.9. The first-order chi connectivity index (χ1) is 25.4. The molecular formula is C35H47F3N8O8S. The van der Waals surface area contributed by atoms with Crippen molar-refractivity contribution < 1.29 is 44.8 Å². The smallest absolute Gasteiger partial charge is 0.444 e. The molecular weight excluding hydrogens is 749 g/mol. The van der Waals surface area contributed by atoms with Crippen LogP contribution in [0.4, 0.5) is 22.8 Å². The summed E-state index contributed by atoms with van der Waals surface area (Å²) >= 11 is 0. The number of fused-ring (bicyclic) bond motifs is 2. The lowest BCUT2D eigenvalue weighted by Crippen LogP contribution is -2.42. The predicted molar refractivity (Wildman–Crippen MR) is 193 cm³/mol. The number of aromatic amines is 1. The summed E-state index contributed by atoms with van der Waals surface area (Å²) in [5, 5.41) is 9.03. The fourth-order valence-corrected chi connectivity index (χ4v) is 6.77. The number of rotatable bonds is 4. The lowest BCUT2D eigenvalue weighted by Gasteiger charge is -2.35. The van der Waals surface area contributed by atoms with Crippen molar-refractivity contribution in [2.45, 2.75) is 123 Å². The molecule has 4 aromatic rings. The van der Waals surface area contributed by atoms with E-state index < -0.39 is 44.8 Å². The number of alkyl halides is 3. The average molecular weight is 797 g/mol. The van der Waals surface area contributed by atoms with Crippen molar-refractivity contribution in [1.29, 1.82) is 0 Å². The van der Waals surface area contributed by atoms with Gasteiger partial charge < -0.3 is 18.6 Å². The number of amides is 2. The number of ether oxygens (including phenoxy) is 2. The summed E-state index contributed by atoms with van der Waals surface area (Å²) in [5.74, 6) is -0.721. The molecule has 2 aliphatic heterocycles. The Labute approximate surface area is 316 Å². The number of carbonyl (C=O) groups excluding carboxylic acids is 2. The van der Waals surface area contributed by atoms with Crippen LogP contribution in [0.1, 0.15) is 115 Å². The minimum absolute atomic E-state index is 0.0945. The highest BCUT2D eigenvalue weighted by Crippen LogP contribution is 2.34. The third-order valence-electron chi connectivity index (χ3n) is 8.68. The summed E-state index contributed by atoms with van der Waals surface area (Å²) < 4.78 is 78.6. The SMILES string of the molecule is Cc1cc(=O)[nH]c2cc([C@@H]3CCCCN3C(=O)OC(C)(C)C)nn12.Cc1cc(OS(=O)(=O)C(F)(F)F)nc2cc([C@@H]3CCCCN3C(=O)OC(C)(C)C)nn12. The largest absolute Gasteiger partial charge is 0.534 e. The van der Waals surface area contributed by atoms with Gasteiger partial charge in [-0.05, 0) is 93.9 Å². The zero-order valence-electron chi connectivity index (χ0n) is 32.1. The summed E-state index contributed by atoms with van der Waals surface area (Å²) in [4.78, 5) is 46.8. The number of nitrogens with zero attached hydrogens (tertiary/aromatic N) is 7. The van der Waals surface area contributed by atoms with Crippen molar-refractivity contribution in [1.82, 2.24) is 39.0 Å². The van der Waals surface area contributed by atoms with Gasteiger partial charge in [-0.1, -0.05) is 0 Å². The lowest BCUT2D eigenvalue weighted by atomic mass is 10.00. The van der Waals surface area contributed by atoms with Crippen molar-refractivity contribution in [2.24, 2.45) is 0 Å². The van der Waals surface area contributed by atoms with E-state index in [1.165, 1.54) is 23.6 Å². The van der Waals surface area contributed by atoms with Crippen LogP contribution in [0.2, 0.25) is 0 Å². The van der Waals surface area contributed by atoms with Crippen LogP contribution in [-0.4, -0.2) is 89.4 Å². The second kappa shape index (κ2) is 15.3. The third kappa shape index (κ3) is 9.87. The predicted octanol–water partition coefficient (Wildman–Crippen LogP) is 6.52. The van der Waals surface area contributed by atoms with Crippen LogP contribution in [0, 0.1) is 13.8 Å². The van der Waals surface area contributed by atoms with Gasteiger partial charge in [0.15, 0.2) is 5.65 Å². The molecule has 2 saturated heterocycles. The zero-order chi connectivity index (χ0) is 40.7. The maximum absolute atomic E-state index is 12.6. The Hall–Kier alpha value is -4.88. The molecule has 2 atom stereocenters. The van der Waals surface area contributed by atoms with Crippen LogP contribution in [0.3, 0.4) is 0 Å². The van der Waals surface area contributed by atoms with Gasteiger partial charge in [-0.3, -0.25) is 14.6 Å². The third-order valence-corrected chi connectivity index (χ3v) is 9.63. The molecule has 55 heavy (non-hydrogen) atoms. The van der Waals surface area contributed by atoms with E-state index in [4.69, 9.17) is 9.47 Å². The Morgan fingerprint density at radius 2 is 1.25 bits per heavy atom. The molecule has 1 N–H and O–H groups in total. The molecule has 4 aromatic heterocycles. The van der Waals surface area contributed by atoms with Crippen molar-refractivity contribution in [3.8, 4) is 5.88 Å². The van der Waals surface area contributed by atoms with Gasteiger partial charge in [0.25, 0.3) is 5.56 Å². The van der Waals surface area contributed by atoms with Gasteiger partial charge in [-0.25, -0.2) is 18.6 Å². The zero-order valence-corrected chi connectivity index (χ0v) is 32.9. The quantitative estimate of drug-likeness (QED) is 0.175. The molecule has 0 aliphatic carbocycles. The Morgan fingerprint density at radius 1 is 0.764 bits per heavy atom. The number of carbonyl (C=O) groups is 2. The van der Waals surface area contributed by atoms with E-state index in [0.29, 0.717) is 36.5 Å². The Morgan fingerprint density at radius 3 is 1.76 bits per heavy atom. The van der Waals surface area contributed by atoms with Crippen LogP contribution in [0.5, 0.6) is 5.88 Å². The van der Waals surface area contributed by atoms with E-state index in [2.05, 4.69) is 24.3 Å². The van der Waals surface area contributed by atoms with Gasteiger partial charge in [-0.15, -0.1) is 0 Å². The van der Waals surface area contributed by atoms with Gasteiger partial charge in [0.2, 0.25) is 5.88 Å². The molecule has 2 amide bonds. The van der Waals surface area contributed by atoms with Crippen LogP contribution < -0.4 is 9.74 Å². The van der Waals surface area contributed by atoms with Crippen LogP contribution in [-0.2, 0) is 19.6 Å². The summed E-state index contributed by atoms with van der Waals surface area (Å²) in [6.07, 6.45) is 4.30. The molecule has 0 bridgehead atoms. The summed E-state index contributed by atoms with van der Waals surface area (Å²) in [6.45, 7) is 15.4. The van der Waals surface area contributed by atoms with Crippen molar-refractivity contribution in [3.63, 3.8) is 0 Å². The highest BCUT2D eigenvalue weighted by Gasteiger charge is 2.49. The van der Waals surface area contributed by atoms with Gasteiger partial charge in [0, 0.05) is 48.7 Å². The van der Waals surface area contributed by atoms with Crippen molar-refractivity contribution in [2.75, 3.05) is 13.1 Å². The second-order valence-electron chi connectivity index (χ2n) is 15.6. The fraction of sp³-hybridized carbons (Fsp3) is 0.600. The average Bonchev–Trinajstić information content (AvgIpc) is 3.68. The molecule has 0 aromatic carbocycles.